The minimum Gasteiger partial charge on any atom is -0.483 e. The number of rotatable bonds is 0. The summed E-state index contributed by atoms with van der Waals surface area (Å²) < 4.78 is 7.36. The van der Waals surface area contributed by atoms with E-state index in [-0.39, 0.29) is 11.0 Å². The van der Waals surface area contributed by atoms with Crippen LogP contribution in [-0.2, 0) is 5.41 Å². The third-order valence-corrected chi connectivity index (χ3v) is 5.45. The smallest absolute Gasteiger partial charge is 0.128 e. The summed E-state index contributed by atoms with van der Waals surface area (Å²) in [6.07, 6.45) is 2.19. The second kappa shape index (κ2) is 3.17. The van der Waals surface area contributed by atoms with Crippen molar-refractivity contribution < 1.29 is 4.74 Å². The molecule has 1 aliphatic heterocycles. The minimum absolute atomic E-state index is 0.0819. The van der Waals surface area contributed by atoms with Gasteiger partial charge in [-0.15, -0.1) is 0 Å². The van der Waals surface area contributed by atoms with E-state index in [2.05, 4.69) is 55.4 Å². The molecule has 1 heterocycles. The SMILES string of the molecule is C=C1[C@@]2(C)CC[C@]1(C)c1cc(Br)c(C)cc1O2. The maximum Gasteiger partial charge on any atom is 0.128 e. The van der Waals surface area contributed by atoms with Crippen molar-refractivity contribution in [3.05, 3.63) is 39.9 Å². The van der Waals surface area contributed by atoms with Gasteiger partial charge in [-0.05, 0) is 50.0 Å². The summed E-state index contributed by atoms with van der Waals surface area (Å²) in [4.78, 5) is 0. The van der Waals surface area contributed by atoms with Gasteiger partial charge >= 0.3 is 0 Å². The predicted molar refractivity (Wildman–Crippen MR) is 73.6 cm³/mol. The summed E-state index contributed by atoms with van der Waals surface area (Å²) >= 11 is 3.62. The first-order valence-electron chi connectivity index (χ1n) is 6.06. The third kappa shape index (κ3) is 1.31. The van der Waals surface area contributed by atoms with E-state index in [0.29, 0.717) is 0 Å². The minimum atomic E-state index is -0.165. The second-order valence-electron chi connectivity index (χ2n) is 5.74. The first kappa shape index (κ1) is 11.3. The van der Waals surface area contributed by atoms with Crippen molar-refractivity contribution in [2.24, 2.45) is 0 Å². The number of fused-ring (bicyclic) bond motifs is 4. The van der Waals surface area contributed by atoms with Crippen molar-refractivity contribution in [1.82, 2.24) is 0 Å². The fourth-order valence-electron chi connectivity index (χ4n) is 3.20. The standard InChI is InChI=1S/C15H17BrO/c1-9-7-13-11(8-12(9)16)14(3)5-6-15(4,17-13)10(14)2/h7-8H,2,5-6H2,1,3-4H3/t14-,15+/m0/s1. The van der Waals surface area contributed by atoms with Crippen LogP contribution < -0.4 is 4.74 Å². The molecule has 1 aromatic carbocycles. The number of ether oxygens (including phenoxy) is 1. The molecule has 0 radical (unpaired) electrons. The highest BCUT2D eigenvalue weighted by molar-refractivity contribution is 9.10. The Kier molecular flexibility index (Phi) is 2.11. The molecule has 1 nitrogen and oxygen atoms in total. The summed E-state index contributed by atoms with van der Waals surface area (Å²) in [5.41, 5.74) is 3.66. The van der Waals surface area contributed by atoms with E-state index in [0.717, 1.165) is 23.1 Å². The van der Waals surface area contributed by atoms with Gasteiger partial charge in [-0.25, -0.2) is 0 Å². The Morgan fingerprint density at radius 3 is 2.71 bits per heavy atom. The molecule has 0 spiro atoms. The Hall–Kier alpha value is -0.760. The van der Waals surface area contributed by atoms with E-state index in [1.807, 2.05) is 0 Å². The molecule has 0 unspecified atom stereocenters. The molecule has 2 heteroatoms. The molecule has 17 heavy (non-hydrogen) atoms. The molecule has 3 rings (SSSR count). The van der Waals surface area contributed by atoms with Gasteiger partial charge in [-0.2, -0.15) is 0 Å². The number of hydrogen-bond acceptors (Lipinski definition) is 1. The maximum absolute atomic E-state index is 6.20. The zero-order valence-electron chi connectivity index (χ0n) is 10.6. The van der Waals surface area contributed by atoms with Gasteiger partial charge in [-0.1, -0.05) is 29.4 Å². The van der Waals surface area contributed by atoms with Crippen molar-refractivity contribution >= 4 is 15.9 Å². The molecule has 1 saturated carbocycles. The van der Waals surface area contributed by atoms with Gasteiger partial charge in [0.2, 0.25) is 0 Å². The summed E-state index contributed by atoms with van der Waals surface area (Å²) in [5.74, 6) is 1.04. The average molecular weight is 293 g/mol. The fourth-order valence-corrected chi connectivity index (χ4v) is 3.54. The number of aryl methyl sites for hydroxylation is 1. The van der Waals surface area contributed by atoms with Crippen LogP contribution in [-0.4, -0.2) is 5.60 Å². The second-order valence-corrected chi connectivity index (χ2v) is 6.60. The Morgan fingerprint density at radius 1 is 1.29 bits per heavy atom. The third-order valence-electron chi connectivity index (χ3n) is 4.60. The largest absolute Gasteiger partial charge is 0.483 e. The van der Waals surface area contributed by atoms with Gasteiger partial charge in [0.25, 0.3) is 0 Å². The van der Waals surface area contributed by atoms with Crippen LogP contribution >= 0.6 is 15.9 Å². The summed E-state index contributed by atoms with van der Waals surface area (Å²) in [6.45, 7) is 10.9. The lowest BCUT2D eigenvalue weighted by molar-refractivity contribution is 0.124. The highest BCUT2D eigenvalue weighted by Crippen LogP contribution is 2.58. The first-order chi connectivity index (χ1) is 7.87. The van der Waals surface area contributed by atoms with Gasteiger partial charge in [0.05, 0.1) is 0 Å². The zero-order chi connectivity index (χ0) is 12.4. The van der Waals surface area contributed by atoms with Crippen LogP contribution in [0.5, 0.6) is 5.75 Å². The monoisotopic (exact) mass is 292 g/mol. The maximum atomic E-state index is 6.20. The Balaban J connectivity index is 2.28. The van der Waals surface area contributed by atoms with Crippen molar-refractivity contribution in [3.63, 3.8) is 0 Å². The lowest BCUT2D eigenvalue weighted by Gasteiger charge is -2.40. The molecule has 1 fully saturated rings. The molecule has 0 N–H and O–H groups in total. The van der Waals surface area contributed by atoms with Gasteiger partial charge in [0, 0.05) is 15.5 Å². The quantitative estimate of drug-likeness (QED) is 0.639. The van der Waals surface area contributed by atoms with Crippen LogP contribution in [0.25, 0.3) is 0 Å². The number of halogens is 1. The van der Waals surface area contributed by atoms with E-state index >= 15 is 0 Å². The van der Waals surface area contributed by atoms with Crippen LogP contribution in [0.15, 0.2) is 28.8 Å². The van der Waals surface area contributed by atoms with E-state index < -0.39 is 0 Å². The van der Waals surface area contributed by atoms with Crippen molar-refractivity contribution in [2.75, 3.05) is 0 Å². The van der Waals surface area contributed by atoms with Crippen molar-refractivity contribution in [2.45, 2.75) is 44.6 Å². The van der Waals surface area contributed by atoms with E-state index in [1.165, 1.54) is 16.7 Å². The first-order valence-corrected chi connectivity index (χ1v) is 6.86. The van der Waals surface area contributed by atoms with Crippen LogP contribution in [0.1, 0.15) is 37.8 Å². The molecule has 0 amide bonds. The molecule has 0 aromatic heterocycles. The van der Waals surface area contributed by atoms with E-state index in [9.17, 15) is 0 Å². The number of hydrogen-bond donors (Lipinski definition) is 0. The van der Waals surface area contributed by atoms with Gasteiger partial charge in [-0.3, -0.25) is 0 Å². The average Bonchev–Trinajstić information content (AvgIpc) is 2.43. The predicted octanol–water partition coefficient (Wildman–Crippen LogP) is 4.52. The normalized spacial score (nSPS) is 34.5. The highest BCUT2D eigenvalue weighted by atomic mass is 79.9. The Labute approximate surface area is 111 Å². The molecule has 2 aliphatic rings. The molecule has 2 atom stereocenters. The van der Waals surface area contributed by atoms with Crippen LogP contribution in [0.3, 0.4) is 0 Å². The fraction of sp³-hybridized carbons (Fsp3) is 0.467. The lowest BCUT2D eigenvalue weighted by Crippen LogP contribution is -2.39. The summed E-state index contributed by atoms with van der Waals surface area (Å²) in [6, 6.07) is 4.36. The van der Waals surface area contributed by atoms with Gasteiger partial charge in [0.1, 0.15) is 11.4 Å². The zero-order valence-corrected chi connectivity index (χ0v) is 12.1. The Bertz CT molecular complexity index is 534. The molecular formula is C15H17BrO. The van der Waals surface area contributed by atoms with Crippen molar-refractivity contribution in [1.29, 1.82) is 0 Å². The molecular weight excluding hydrogens is 276 g/mol. The highest BCUT2D eigenvalue weighted by Gasteiger charge is 2.53. The lowest BCUT2D eigenvalue weighted by atomic mass is 9.74. The Morgan fingerprint density at radius 2 is 2.00 bits per heavy atom. The molecule has 1 aliphatic carbocycles. The van der Waals surface area contributed by atoms with Crippen molar-refractivity contribution in [3.8, 4) is 5.75 Å². The van der Waals surface area contributed by atoms with E-state index in [4.69, 9.17) is 4.74 Å². The van der Waals surface area contributed by atoms with Crippen LogP contribution in [0.2, 0.25) is 0 Å². The molecule has 2 bridgehead atoms. The van der Waals surface area contributed by atoms with Crippen LogP contribution in [0, 0.1) is 6.92 Å². The van der Waals surface area contributed by atoms with Crippen LogP contribution in [0.4, 0.5) is 0 Å². The van der Waals surface area contributed by atoms with Gasteiger partial charge in [0.15, 0.2) is 0 Å². The molecule has 1 aromatic rings. The molecule has 0 saturated heterocycles. The van der Waals surface area contributed by atoms with Gasteiger partial charge < -0.3 is 4.74 Å². The number of benzene rings is 1. The summed E-state index contributed by atoms with van der Waals surface area (Å²) in [7, 11) is 0. The molecule has 90 valence electrons. The summed E-state index contributed by atoms with van der Waals surface area (Å²) in [5, 5.41) is 0. The topological polar surface area (TPSA) is 9.23 Å². The van der Waals surface area contributed by atoms with E-state index in [1.54, 1.807) is 0 Å².